The van der Waals surface area contributed by atoms with Crippen molar-refractivity contribution < 1.29 is 9.53 Å². The average Bonchev–Trinajstić information content (AvgIpc) is 2.96. The third kappa shape index (κ3) is 2.82. The largest absolute Gasteiger partial charge is 0.381 e. The lowest BCUT2D eigenvalue weighted by molar-refractivity contribution is 0.0906. The van der Waals surface area contributed by atoms with E-state index in [0.29, 0.717) is 0 Å². The first-order valence-corrected chi connectivity index (χ1v) is 5.97. The number of hydrogen-bond donors (Lipinski definition) is 2. The Hall–Kier alpha value is -1.43. The van der Waals surface area contributed by atoms with Gasteiger partial charge in [-0.3, -0.25) is 9.89 Å². The Bertz CT molecular complexity index is 391. The molecule has 2 N–H and O–H groups in total. The summed E-state index contributed by atoms with van der Waals surface area (Å²) in [4.78, 5) is 15.9. The highest BCUT2D eigenvalue weighted by atomic mass is 16.5. The van der Waals surface area contributed by atoms with Crippen molar-refractivity contribution in [2.75, 3.05) is 7.11 Å². The van der Waals surface area contributed by atoms with Crippen LogP contribution in [0, 0.1) is 0 Å². The fourth-order valence-corrected chi connectivity index (χ4v) is 2.09. The summed E-state index contributed by atoms with van der Waals surface area (Å²) in [5.41, 5.74) is 0. The quantitative estimate of drug-likeness (QED) is 0.807. The molecule has 1 heterocycles. The second kappa shape index (κ2) is 5.27. The van der Waals surface area contributed by atoms with Gasteiger partial charge in [0.1, 0.15) is 5.82 Å². The third-order valence-electron chi connectivity index (χ3n) is 3.12. The number of carbonyl (C=O) groups is 1. The van der Waals surface area contributed by atoms with E-state index in [1.807, 2.05) is 6.92 Å². The highest BCUT2D eigenvalue weighted by Gasteiger charge is 2.26. The molecule has 1 aromatic heterocycles. The Morgan fingerprint density at radius 2 is 2.41 bits per heavy atom. The fraction of sp³-hybridized carbons (Fsp3) is 0.727. The minimum atomic E-state index is -0.206. The summed E-state index contributed by atoms with van der Waals surface area (Å²) in [5, 5.41) is 9.56. The Labute approximate surface area is 100 Å². The van der Waals surface area contributed by atoms with E-state index in [1.54, 1.807) is 7.11 Å². The second-order valence-corrected chi connectivity index (χ2v) is 4.30. The molecule has 0 radical (unpaired) electrons. The molecule has 1 aliphatic carbocycles. The maximum atomic E-state index is 11.8. The van der Waals surface area contributed by atoms with Crippen LogP contribution in [0.5, 0.6) is 0 Å². The van der Waals surface area contributed by atoms with E-state index in [0.717, 1.165) is 31.5 Å². The van der Waals surface area contributed by atoms with E-state index in [9.17, 15) is 4.79 Å². The molecule has 2 rings (SSSR count). The van der Waals surface area contributed by atoms with Gasteiger partial charge in [-0.2, -0.15) is 0 Å². The Morgan fingerprint density at radius 3 is 3.00 bits per heavy atom. The normalized spacial score (nSPS) is 23.9. The predicted octanol–water partition coefficient (Wildman–Crippen LogP) is 0.664. The molecule has 1 aliphatic rings. The van der Waals surface area contributed by atoms with Gasteiger partial charge in [-0.25, -0.2) is 4.98 Å². The molecule has 94 valence electrons. The monoisotopic (exact) mass is 238 g/mol. The van der Waals surface area contributed by atoms with E-state index in [4.69, 9.17) is 4.74 Å². The Balaban J connectivity index is 1.89. The molecule has 0 spiro atoms. The topological polar surface area (TPSA) is 79.9 Å². The predicted molar refractivity (Wildman–Crippen MR) is 61.7 cm³/mol. The second-order valence-electron chi connectivity index (χ2n) is 4.30. The lowest BCUT2D eigenvalue weighted by Gasteiger charge is -2.11. The van der Waals surface area contributed by atoms with Crippen molar-refractivity contribution in [2.24, 2.45) is 0 Å². The Morgan fingerprint density at radius 1 is 1.59 bits per heavy atom. The molecule has 1 saturated carbocycles. The van der Waals surface area contributed by atoms with Crippen molar-refractivity contribution in [2.45, 2.75) is 44.8 Å². The zero-order chi connectivity index (χ0) is 12.3. The smallest absolute Gasteiger partial charge is 0.291 e. The molecular formula is C11H18N4O2. The van der Waals surface area contributed by atoms with Crippen molar-refractivity contribution in [3.8, 4) is 0 Å². The minimum Gasteiger partial charge on any atom is -0.381 e. The number of rotatable bonds is 4. The van der Waals surface area contributed by atoms with Crippen LogP contribution in [0.3, 0.4) is 0 Å². The number of hydrogen-bond acceptors (Lipinski definition) is 4. The first kappa shape index (κ1) is 12.0. The maximum absolute atomic E-state index is 11.8. The van der Waals surface area contributed by atoms with Crippen LogP contribution >= 0.6 is 0 Å². The summed E-state index contributed by atoms with van der Waals surface area (Å²) in [6.07, 6.45) is 3.83. The van der Waals surface area contributed by atoms with E-state index in [2.05, 4.69) is 20.5 Å². The standard InChI is InChI=1S/C11H18N4O2/c1-3-9-13-10(15-14-9)11(16)12-7-4-5-8(6-7)17-2/h7-8H,3-6H2,1-2H3,(H,12,16)(H,13,14,15). The van der Waals surface area contributed by atoms with Crippen LogP contribution in [-0.2, 0) is 11.2 Å². The van der Waals surface area contributed by atoms with Gasteiger partial charge in [-0.15, -0.1) is 5.10 Å². The van der Waals surface area contributed by atoms with Gasteiger partial charge < -0.3 is 10.1 Å². The molecule has 17 heavy (non-hydrogen) atoms. The highest BCUT2D eigenvalue weighted by molar-refractivity contribution is 5.90. The van der Waals surface area contributed by atoms with Gasteiger partial charge in [0.15, 0.2) is 0 Å². The summed E-state index contributed by atoms with van der Waals surface area (Å²) < 4.78 is 5.26. The van der Waals surface area contributed by atoms with Crippen molar-refractivity contribution in [3.63, 3.8) is 0 Å². The number of nitrogens with zero attached hydrogens (tertiary/aromatic N) is 2. The fourth-order valence-electron chi connectivity index (χ4n) is 2.09. The number of aromatic nitrogens is 3. The molecule has 0 bridgehead atoms. The maximum Gasteiger partial charge on any atom is 0.291 e. The molecule has 0 saturated heterocycles. The van der Waals surface area contributed by atoms with Crippen molar-refractivity contribution in [1.82, 2.24) is 20.5 Å². The van der Waals surface area contributed by atoms with Crippen LogP contribution in [-0.4, -0.2) is 40.3 Å². The molecule has 2 atom stereocenters. The lowest BCUT2D eigenvalue weighted by atomic mass is 10.2. The van der Waals surface area contributed by atoms with Gasteiger partial charge >= 0.3 is 0 Å². The number of H-pyrrole nitrogens is 1. The molecule has 1 fully saturated rings. The number of methoxy groups -OCH3 is 1. The SMILES string of the molecule is CCc1nc(C(=O)NC2CCC(OC)C2)n[nH]1. The number of aromatic amines is 1. The van der Waals surface area contributed by atoms with Gasteiger partial charge in [0.25, 0.3) is 5.91 Å². The molecule has 0 aromatic carbocycles. The first-order valence-electron chi connectivity index (χ1n) is 5.97. The number of ether oxygens (including phenoxy) is 1. The van der Waals surface area contributed by atoms with E-state index in [1.165, 1.54) is 0 Å². The summed E-state index contributed by atoms with van der Waals surface area (Å²) >= 11 is 0. The number of amides is 1. The van der Waals surface area contributed by atoms with Gasteiger partial charge in [0.05, 0.1) is 6.10 Å². The van der Waals surface area contributed by atoms with E-state index < -0.39 is 0 Å². The number of nitrogens with one attached hydrogen (secondary N) is 2. The average molecular weight is 238 g/mol. The van der Waals surface area contributed by atoms with Crippen LogP contribution in [0.4, 0.5) is 0 Å². The number of aryl methyl sites for hydroxylation is 1. The van der Waals surface area contributed by atoms with Crippen molar-refractivity contribution in [3.05, 3.63) is 11.6 Å². The number of carbonyl (C=O) groups excluding carboxylic acids is 1. The van der Waals surface area contributed by atoms with E-state index in [-0.39, 0.29) is 23.9 Å². The molecule has 2 unspecified atom stereocenters. The van der Waals surface area contributed by atoms with E-state index >= 15 is 0 Å². The third-order valence-corrected chi connectivity index (χ3v) is 3.12. The molecule has 6 heteroatoms. The zero-order valence-electron chi connectivity index (χ0n) is 10.2. The summed E-state index contributed by atoms with van der Waals surface area (Å²) in [5.74, 6) is 0.752. The first-order chi connectivity index (χ1) is 8.22. The van der Waals surface area contributed by atoms with Gasteiger partial charge in [0, 0.05) is 19.6 Å². The molecule has 1 amide bonds. The summed E-state index contributed by atoms with van der Waals surface area (Å²) in [7, 11) is 1.71. The Kier molecular flexibility index (Phi) is 3.73. The van der Waals surface area contributed by atoms with Crippen LogP contribution in [0.1, 0.15) is 42.6 Å². The zero-order valence-corrected chi connectivity index (χ0v) is 10.2. The molecular weight excluding hydrogens is 220 g/mol. The van der Waals surface area contributed by atoms with Crippen LogP contribution in [0.15, 0.2) is 0 Å². The van der Waals surface area contributed by atoms with Gasteiger partial charge in [0.2, 0.25) is 5.82 Å². The van der Waals surface area contributed by atoms with Crippen LogP contribution < -0.4 is 5.32 Å². The van der Waals surface area contributed by atoms with Crippen molar-refractivity contribution >= 4 is 5.91 Å². The molecule has 0 aliphatic heterocycles. The van der Waals surface area contributed by atoms with Gasteiger partial charge in [-0.05, 0) is 19.3 Å². The van der Waals surface area contributed by atoms with Gasteiger partial charge in [-0.1, -0.05) is 6.92 Å². The molecule has 6 nitrogen and oxygen atoms in total. The molecule has 1 aromatic rings. The van der Waals surface area contributed by atoms with Crippen LogP contribution in [0.25, 0.3) is 0 Å². The minimum absolute atomic E-state index is 0.177. The summed E-state index contributed by atoms with van der Waals surface area (Å²) in [6.45, 7) is 1.96. The highest BCUT2D eigenvalue weighted by Crippen LogP contribution is 2.21. The summed E-state index contributed by atoms with van der Waals surface area (Å²) in [6, 6.07) is 0.177. The van der Waals surface area contributed by atoms with Crippen LogP contribution in [0.2, 0.25) is 0 Å². The lowest BCUT2D eigenvalue weighted by Crippen LogP contribution is -2.34. The van der Waals surface area contributed by atoms with Crippen molar-refractivity contribution in [1.29, 1.82) is 0 Å².